The number of Topliss-reactive ketones (excluding diaryl/α,β-unsaturated/α-hetero) is 1. The third kappa shape index (κ3) is 3.49. The number of aryl methyl sites for hydroxylation is 1. The van der Waals surface area contributed by atoms with Gasteiger partial charge < -0.3 is 0 Å². The summed E-state index contributed by atoms with van der Waals surface area (Å²) in [6.07, 6.45) is 4.77. The maximum Gasteiger partial charge on any atom is 0.163 e. The van der Waals surface area contributed by atoms with Crippen molar-refractivity contribution in [2.45, 2.75) is 12.8 Å². The first-order valence-electron chi connectivity index (χ1n) is 5.43. The fourth-order valence-electron chi connectivity index (χ4n) is 1.62. The molecule has 0 N–H and O–H groups in total. The van der Waals surface area contributed by atoms with Crippen molar-refractivity contribution in [3.8, 4) is 0 Å². The van der Waals surface area contributed by atoms with Crippen molar-refractivity contribution in [3.63, 3.8) is 0 Å². The van der Waals surface area contributed by atoms with Crippen molar-refractivity contribution >= 4 is 21.7 Å². The van der Waals surface area contributed by atoms with Crippen molar-refractivity contribution in [3.05, 3.63) is 64.4 Å². The summed E-state index contributed by atoms with van der Waals surface area (Å²) < 4.78 is 0.946. The quantitative estimate of drug-likeness (QED) is 0.804. The highest BCUT2D eigenvalue weighted by Gasteiger charge is 2.05. The number of nitrogens with zero attached hydrogens (tertiary/aromatic N) is 1. The number of hydrogen-bond donors (Lipinski definition) is 0. The van der Waals surface area contributed by atoms with Crippen LogP contribution in [-0.4, -0.2) is 10.8 Å². The number of ketones is 1. The van der Waals surface area contributed by atoms with E-state index in [0.29, 0.717) is 6.42 Å². The Hall–Kier alpha value is -1.48. The molecule has 0 aliphatic rings. The second kappa shape index (κ2) is 5.73. The summed E-state index contributed by atoms with van der Waals surface area (Å²) >= 11 is 3.37. The molecule has 17 heavy (non-hydrogen) atoms. The minimum absolute atomic E-state index is 0.172. The maximum atomic E-state index is 11.9. The Kier molecular flexibility index (Phi) is 4.04. The number of aromatic nitrogens is 1. The lowest BCUT2D eigenvalue weighted by atomic mass is 10.0. The topological polar surface area (TPSA) is 30.0 Å². The first-order chi connectivity index (χ1) is 8.25. The monoisotopic (exact) mass is 289 g/mol. The van der Waals surface area contributed by atoms with E-state index in [9.17, 15) is 4.79 Å². The van der Waals surface area contributed by atoms with Gasteiger partial charge in [0.2, 0.25) is 0 Å². The Morgan fingerprint density at radius 1 is 1.18 bits per heavy atom. The summed E-state index contributed by atoms with van der Waals surface area (Å²) in [7, 11) is 0. The third-order valence-electron chi connectivity index (χ3n) is 2.50. The van der Waals surface area contributed by atoms with E-state index in [2.05, 4.69) is 20.9 Å². The standard InChI is InChI=1S/C14H12BrNO/c15-13-8-11(9-16-10-13)6-7-14(17)12-4-2-1-3-5-12/h1-5,8-10H,6-7H2. The molecular weight excluding hydrogens is 278 g/mol. The molecule has 0 bridgehead atoms. The highest BCUT2D eigenvalue weighted by atomic mass is 79.9. The normalized spacial score (nSPS) is 10.2. The molecule has 0 aliphatic heterocycles. The van der Waals surface area contributed by atoms with Crippen LogP contribution in [-0.2, 0) is 6.42 Å². The predicted molar refractivity (Wildman–Crippen MR) is 71.0 cm³/mol. The van der Waals surface area contributed by atoms with Gasteiger partial charge in [-0.05, 0) is 34.0 Å². The van der Waals surface area contributed by atoms with Crippen molar-refractivity contribution in [1.82, 2.24) is 4.98 Å². The van der Waals surface area contributed by atoms with Crippen LogP contribution >= 0.6 is 15.9 Å². The zero-order valence-electron chi connectivity index (χ0n) is 9.27. The van der Waals surface area contributed by atoms with Gasteiger partial charge in [0, 0.05) is 28.9 Å². The van der Waals surface area contributed by atoms with Crippen LogP contribution in [0.15, 0.2) is 53.3 Å². The van der Waals surface area contributed by atoms with Gasteiger partial charge in [-0.25, -0.2) is 0 Å². The average molecular weight is 290 g/mol. The molecule has 1 aromatic carbocycles. The Bertz CT molecular complexity index is 511. The number of rotatable bonds is 4. The van der Waals surface area contributed by atoms with E-state index in [-0.39, 0.29) is 5.78 Å². The Morgan fingerprint density at radius 3 is 2.65 bits per heavy atom. The van der Waals surface area contributed by atoms with Crippen LogP contribution in [0, 0.1) is 0 Å². The lowest BCUT2D eigenvalue weighted by Gasteiger charge is -2.01. The molecule has 0 saturated heterocycles. The second-order valence-corrected chi connectivity index (χ2v) is 4.72. The van der Waals surface area contributed by atoms with Gasteiger partial charge in [0.1, 0.15) is 0 Å². The van der Waals surface area contributed by atoms with Crippen LogP contribution in [0.1, 0.15) is 22.3 Å². The van der Waals surface area contributed by atoms with Gasteiger partial charge >= 0.3 is 0 Å². The lowest BCUT2D eigenvalue weighted by molar-refractivity contribution is 0.0983. The molecule has 0 amide bonds. The van der Waals surface area contributed by atoms with E-state index in [1.807, 2.05) is 36.4 Å². The summed E-state index contributed by atoms with van der Waals surface area (Å²) in [5.74, 6) is 0.172. The summed E-state index contributed by atoms with van der Waals surface area (Å²) in [5.41, 5.74) is 1.85. The summed E-state index contributed by atoms with van der Waals surface area (Å²) in [4.78, 5) is 15.9. The van der Waals surface area contributed by atoms with Crippen LogP contribution < -0.4 is 0 Å². The number of benzene rings is 1. The molecule has 86 valence electrons. The molecule has 3 heteroatoms. The van der Waals surface area contributed by atoms with Gasteiger partial charge in [0.05, 0.1) is 0 Å². The van der Waals surface area contributed by atoms with Gasteiger partial charge in [0.15, 0.2) is 5.78 Å². The number of hydrogen-bond acceptors (Lipinski definition) is 2. The molecule has 2 nitrogen and oxygen atoms in total. The summed E-state index contributed by atoms with van der Waals surface area (Å²) in [6, 6.07) is 11.4. The van der Waals surface area contributed by atoms with Crippen LogP contribution in [0.4, 0.5) is 0 Å². The highest BCUT2D eigenvalue weighted by Crippen LogP contribution is 2.12. The SMILES string of the molecule is O=C(CCc1cncc(Br)c1)c1ccccc1. The van der Waals surface area contributed by atoms with Gasteiger partial charge in [-0.2, -0.15) is 0 Å². The van der Waals surface area contributed by atoms with E-state index in [4.69, 9.17) is 0 Å². The molecule has 2 rings (SSSR count). The predicted octanol–water partition coefficient (Wildman–Crippen LogP) is 3.66. The molecule has 0 spiro atoms. The molecule has 0 radical (unpaired) electrons. The zero-order valence-corrected chi connectivity index (χ0v) is 10.9. The molecule has 0 fully saturated rings. The largest absolute Gasteiger partial charge is 0.294 e. The van der Waals surface area contributed by atoms with Gasteiger partial charge in [0.25, 0.3) is 0 Å². The van der Waals surface area contributed by atoms with Crippen LogP contribution in [0.5, 0.6) is 0 Å². The lowest BCUT2D eigenvalue weighted by Crippen LogP contribution is -2.01. The summed E-state index contributed by atoms with van der Waals surface area (Å²) in [6.45, 7) is 0. The van der Waals surface area contributed by atoms with Gasteiger partial charge in [-0.1, -0.05) is 30.3 Å². The smallest absolute Gasteiger partial charge is 0.163 e. The van der Waals surface area contributed by atoms with Crippen molar-refractivity contribution in [2.24, 2.45) is 0 Å². The molecule has 0 aliphatic carbocycles. The molecule has 0 unspecified atom stereocenters. The van der Waals surface area contributed by atoms with E-state index in [0.717, 1.165) is 22.0 Å². The first kappa shape index (κ1) is 12.0. The van der Waals surface area contributed by atoms with Crippen molar-refractivity contribution in [2.75, 3.05) is 0 Å². The van der Waals surface area contributed by atoms with Gasteiger partial charge in [-0.3, -0.25) is 9.78 Å². The van der Waals surface area contributed by atoms with E-state index < -0.39 is 0 Å². The minimum Gasteiger partial charge on any atom is -0.294 e. The number of carbonyl (C=O) groups excluding carboxylic acids is 1. The fourth-order valence-corrected chi connectivity index (χ4v) is 2.03. The zero-order chi connectivity index (χ0) is 12.1. The van der Waals surface area contributed by atoms with Crippen molar-refractivity contribution in [1.29, 1.82) is 0 Å². The molecule has 1 aromatic heterocycles. The Morgan fingerprint density at radius 2 is 1.94 bits per heavy atom. The highest BCUT2D eigenvalue weighted by molar-refractivity contribution is 9.10. The molecule has 1 heterocycles. The van der Waals surface area contributed by atoms with Crippen molar-refractivity contribution < 1.29 is 4.79 Å². The Balaban J connectivity index is 1.97. The van der Waals surface area contributed by atoms with E-state index in [1.54, 1.807) is 12.4 Å². The summed E-state index contributed by atoms with van der Waals surface area (Å²) in [5, 5.41) is 0. The molecule has 0 atom stereocenters. The Labute approximate surface area is 109 Å². The van der Waals surface area contributed by atoms with Crippen LogP contribution in [0.2, 0.25) is 0 Å². The van der Waals surface area contributed by atoms with Crippen LogP contribution in [0.3, 0.4) is 0 Å². The third-order valence-corrected chi connectivity index (χ3v) is 2.93. The maximum absolute atomic E-state index is 11.9. The molecule has 0 saturated carbocycles. The van der Waals surface area contributed by atoms with E-state index >= 15 is 0 Å². The van der Waals surface area contributed by atoms with Crippen LogP contribution in [0.25, 0.3) is 0 Å². The number of pyridine rings is 1. The fraction of sp³-hybridized carbons (Fsp3) is 0.143. The average Bonchev–Trinajstić information content (AvgIpc) is 2.37. The molecular formula is C14H12BrNO. The first-order valence-corrected chi connectivity index (χ1v) is 6.22. The van der Waals surface area contributed by atoms with E-state index in [1.165, 1.54) is 0 Å². The molecule has 2 aromatic rings. The van der Waals surface area contributed by atoms with Gasteiger partial charge in [-0.15, -0.1) is 0 Å². The minimum atomic E-state index is 0.172. The second-order valence-electron chi connectivity index (χ2n) is 3.80. The number of carbonyl (C=O) groups is 1. The number of halogens is 1.